The predicted molar refractivity (Wildman–Crippen MR) is 250 cm³/mol. The maximum absolute atomic E-state index is 7.02. The van der Waals surface area contributed by atoms with E-state index >= 15 is 0 Å². The number of nitrogens with zero attached hydrogens (tertiary/aromatic N) is 3. The van der Waals surface area contributed by atoms with Crippen LogP contribution < -0.4 is 19.4 Å². The van der Waals surface area contributed by atoms with Crippen LogP contribution in [0, 0.1) is 0 Å². The molecule has 0 N–H and O–H groups in total. The molecule has 0 saturated carbocycles. The molecule has 10 aromatic carbocycles. The summed E-state index contributed by atoms with van der Waals surface area (Å²) < 4.78 is 7.02. The molecular formula is C56H37N3O. The molecule has 12 rings (SSSR count). The highest BCUT2D eigenvalue weighted by Gasteiger charge is 2.32. The van der Waals surface area contributed by atoms with E-state index in [0.29, 0.717) is 0 Å². The van der Waals surface area contributed by atoms with Crippen LogP contribution in [0.5, 0.6) is 11.5 Å². The Hall–Kier alpha value is -8.08. The van der Waals surface area contributed by atoms with Crippen LogP contribution in [0.3, 0.4) is 0 Å². The van der Waals surface area contributed by atoms with Crippen molar-refractivity contribution in [3.05, 3.63) is 224 Å². The maximum Gasteiger partial charge on any atom is 0.159 e. The zero-order valence-corrected chi connectivity index (χ0v) is 32.6. The highest BCUT2D eigenvalue weighted by Crippen LogP contribution is 2.57. The quantitative estimate of drug-likeness (QED) is 0.174. The average molecular weight is 768 g/mol. The van der Waals surface area contributed by atoms with Gasteiger partial charge in [-0.15, -0.1) is 0 Å². The van der Waals surface area contributed by atoms with Crippen molar-refractivity contribution in [3.8, 4) is 33.8 Å². The molecule has 4 nitrogen and oxygen atoms in total. The molecule has 2 aliphatic heterocycles. The van der Waals surface area contributed by atoms with E-state index < -0.39 is 0 Å². The van der Waals surface area contributed by atoms with Gasteiger partial charge in [0.2, 0.25) is 0 Å². The van der Waals surface area contributed by atoms with Gasteiger partial charge in [-0.05, 0) is 117 Å². The monoisotopic (exact) mass is 767 g/mol. The summed E-state index contributed by atoms with van der Waals surface area (Å²) in [6.45, 7) is 0. The fraction of sp³-hybridized carbons (Fsp3) is 0. The second-order valence-electron chi connectivity index (χ2n) is 15.4. The number of anilines is 9. The standard InChI is InChI=1S/C56H37N3O/c1-3-14-38(15-4-1)42-19-13-22-46(34-42)59-52-32-29-44(37-55(52)60-56-48-23-10-9-17-40(48)27-33-53(56)59)43-28-31-51-54(36-43)57(45-20-5-2-6-21-45)49-24-11-12-25-50(49)58(51)47-30-26-39-16-7-8-18-41(39)35-47/h1-37H. The molecule has 0 aromatic heterocycles. The zero-order valence-electron chi connectivity index (χ0n) is 32.6. The van der Waals surface area contributed by atoms with Crippen molar-refractivity contribution in [1.82, 2.24) is 0 Å². The Morgan fingerprint density at radius 1 is 0.267 bits per heavy atom. The third kappa shape index (κ3) is 5.53. The summed E-state index contributed by atoms with van der Waals surface area (Å²) in [5.74, 6) is 1.66. The summed E-state index contributed by atoms with van der Waals surface area (Å²) in [5, 5.41) is 4.65. The summed E-state index contributed by atoms with van der Waals surface area (Å²) in [6, 6.07) is 80.4. The van der Waals surface area contributed by atoms with Crippen molar-refractivity contribution in [2.24, 2.45) is 0 Å². The molecule has 0 radical (unpaired) electrons. The first-order valence-electron chi connectivity index (χ1n) is 20.4. The second kappa shape index (κ2) is 13.8. The minimum atomic E-state index is 0.808. The van der Waals surface area contributed by atoms with Gasteiger partial charge in [-0.3, -0.25) is 0 Å². The van der Waals surface area contributed by atoms with Gasteiger partial charge >= 0.3 is 0 Å². The molecule has 0 bridgehead atoms. The molecule has 282 valence electrons. The van der Waals surface area contributed by atoms with Crippen molar-refractivity contribution >= 4 is 72.7 Å². The molecule has 0 saturated heterocycles. The fourth-order valence-corrected chi connectivity index (χ4v) is 9.07. The maximum atomic E-state index is 7.02. The van der Waals surface area contributed by atoms with E-state index in [4.69, 9.17) is 4.74 Å². The Morgan fingerprint density at radius 2 is 0.800 bits per heavy atom. The number of para-hydroxylation sites is 3. The van der Waals surface area contributed by atoms with E-state index in [2.05, 4.69) is 239 Å². The largest absolute Gasteiger partial charge is 0.452 e. The van der Waals surface area contributed by atoms with Crippen LogP contribution in [0.25, 0.3) is 43.8 Å². The Morgan fingerprint density at radius 3 is 1.62 bits per heavy atom. The minimum absolute atomic E-state index is 0.808. The highest BCUT2D eigenvalue weighted by atomic mass is 16.5. The van der Waals surface area contributed by atoms with E-state index in [-0.39, 0.29) is 0 Å². The van der Waals surface area contributed by atoms with E-state index in [1.165, 1.54) is 16.3 Å². The van der Waals surface area contributed by atoms with Gasteiger partial charge in [0.25, 0.3) is 0 Å². The van der Waals surface area contributed by atoms with Gasteiger partial charge in [-0.25, -0.2) is 0 Å². The fourth-order valence-electron chi connectivity index (χ4n) is 9.07. The first kappa shape index (κ1) is 34.0. The third-order valence-electron chi connectivity index (χ3n) is 11.9. The summed E-state index contributed by atoms with van der Waals surface area (Å²) in [5.41, 5.74) is 14.3. The van der Waals surface area contributed by atoms with Gasteiger partial charge in [-0.1, -0.05) is 146 Å². The van der Waals surface area contributed by atoms with Crippen LogP contribution in [-0.4, -0.2) is 0 Å². The Kier molecular flexibility index (Phi) is 7.82. The molecular weight excluding hydrogens is 731 g/mol. The Bertz CT molecular complexity index is 3270. The lowest BCUT2D eigenvalue weighted by atomic mass is 9.97. The SMILES string of the molecule is c1ccc(-c2cccc(N3c4ccc(-c5ccc6c(c5)N(c5ccccc5)c5ccccc5N6c5ccc6ccccc6c5)cc4Oc4c3ccc3ccccc43)c2)cc1. The van der Waals surface area contributed by atoms with Crippen LogP contribution in [0.1, 0.15) is 0 Å². The summed E-state index contributed by atoms with van der Waals surface area (Å²) in [4.78, 5) is 7.14. The predicted octanol–water partition coefficient (Wildman–Crippen LogP) is 16.2. The topological polar surface area (TPSA) is 19.0 Å². The molecule has 4 heteroatoms. The molecule has 2 aliphatic rings. The Labute approximate surface area is 349 Å². The first-order chi connectivity index (χ1) is 29.7. The van der Waals surface area contributed by atoms with Crippen molar-refractivity contribution in [1.29, 1.82) is 0 Å². The minimum Gasteiger partial charge on any atom is -0.452 e. The highest BCUT2D eigenvalue weighted by molar-refractivity contribution is 6.04. The van der Waals surface area contributed by atoms with Gasteiger partial charge in [0.05, 0.1) is 34.1 Å². The molecule has 0 spiro atoms. The average Bonchev–Trinajstić information content (AvgIpc) is 3.32. The molecule has 0 fully saturated rings. The molecule has 2 heterocycles. The Balaban J connectivity index is 1.03. The van der Waals surface area contributed by atoms with Gasteiger partial charge in [-0.2, -0.15) is 0 Å². The number of rotatable bonds is 5. The zero-order chi connectivity index (χ0) is 39.6. The molecule has 0 amide bonds. The van der Waals surface area contributed by atoms with E-state index in [1.54, 1.807) is 0 Å². The molecule has 0 atom stereocenters. The number of hydrogen-bond acceptors (Lipinski definition) is 4. The van der Waals surface area contributed by atoms with Crippen molar-refractivity contribution < 1.29 is 4.74 Å². The third-order valence-corrected chi connectivity index (χ3v) is 11.9. The molecule has 10 aromatic rings. The van der Waals surface area contributed by atoms with E-state index in [9.17, 15) is 0 Å². The van der Waals surface area contributed by atoms with Crippen LogP contribution in [0.2, 0.25) is 0 Å². The lowest BCUT2D eigenvalue weighted by Crippen LogP contribution is -2.24. The number of ether oxygens (including phenoxy) is 1. The number of fused-ring (bicyclic) bond motifs is 7. The van der Waals surface area contributed by atoms with Crippen LogP contribution in [0.4, 0.5) is 51.2 Å². The summed E-state index contributed by atoms with van der Waals surface area (Å²) in [7, 11) is 0. The lowest BCUT2D eigenvalue weighted by molar-refractivity contribution is 0.483. The van der Waals surface area contributed by atoms with Crippen molar-refractivity contribution in [3.63, 3.8) is 0 Å². The van der Waals surface area contributed by atoms with Crippen LogP contribution in [-0.2, 0) is 0 Å². The van der Waals surface area contributed by atoms with Gasteiger partial charge in [0, 0.05) is 22.4 Å². The summed E-state index contributed by atoms with van der Waals surface area (Å²) in [6.07, 6.45) is 0. The van der Waals surface area contributed by atoms with Gasteiger partial charge in [0.15, 0.2) is 11.5 Å². The number of benzene rings is 10. The smallest absolute Gasteiger partial charge is 0.159 e. The molecule has 0 aliphatic carbocycles. The summed E-state index contributed by atoms with van der Waals surface area (Å²) >= 11 is 0. The van der Waals surface area contributed by atoms with Crippen LogP contribution in [0.15, 0.2) is 224 Å². The van der Waals surface area contributed by atoms with Gasteiger partial charge in [0.1, 0.15) is 0 Å². The normalized spacial score (nSPS) is 12.7. The van der Waals surface area contributed by atoms with E-state index in [0.717, 1.165) is 90.1 Å². The van der Waals surface area contributed by atoms with E-state index in [1.807, 2.05) is 0 Å². The van der Waals surface area contributed by atoms with Crippen molar-refractivity contribution in [2.45, 2.75) is 0 Å². The molecule has 60 heavy (non-hydrogen) atoms. The van der Waals surface area contributed by atoms with Crippen molar-refractivity contribution in [2.75, 3.05) is 14.7 Å². The molecule has 0 unspecified atom stereocenters. The first-order valence-corrected chi connectivity index (χ1v) is 20.4. The number of hydrogen-bond donors (Lipinski definition) is 0. The lowest BCUT2D eigenvalue weighted by Gasteiger charge is -2.40. The second-order valence-corrected chi connectivity index (χ2v) is 15.4. The van der Waals surface area contributed by atoms with Crippen LogP contribution >= 0.6 is 0 Å². The van der Waals surface area contributed by atoms with Gasteiger partial charge < -0.3 is 19.4 Å².